The first-order valence-electron chi connectivity index (χ1n) is 6.87. The number of quaternary nitrogens is 1. The molecule has 2 N–H and O–H groups in total. The molecule has 0 radical (unpaired) electrons. The molecule has 108 valence electrons. The predicted octanol–water partition coefficient (Wildman–Crippen LogP) is 0.385. The van der Waals surface area contributed by atoms with Crippen LogP contribution in [0.15, 0.2) is 30.3 Å². The van der Waals surface area contributed by atoms with Gasteiger partial charge in [0, 0.05) is 11.1 Å². The zero-order valence-corrected chi connectivity index (χ0v) is 12.2. The molecule has 1 aromatic rings. The SMILES string of the molecule is O=C(C=Cc1ccccc1Cl)NCC[NH+]1CCOCC1. The quantitative estimate of drug-likeness (QED) is 0.772. The molecule has 5 heteroatoms. The fourth-order valence-electron chi connectivity index (χ4n) is 2.11. The van der Waals surface area contributed by atoms with Crippen molar-refractivity contribution in [1.82, 2.24) is 5.32 Å². The topological polar surface area (TPSA) is 42.8 Å². The van der Waals surface area contributed by atoms with Crippen LogP contribution in [0.2, 0.25) is 5.02 Å². The lowest BCUT2D eigenvalue weighted by atomic mass is 10.2. The maximum absolute atomic E-state index is 11.7. The number of hydrogen-bond acceptors (Lipinski definition) is 2. The average molecular weight is 296 g/mol. The summed E-state index contributed by atoms with van der Waals surface area (Å²) in [5, 5.41) is 3.54. The molecule has 1 aliphatic rings. The van der Waals surface area contributed by atoms with Crippen molar-refractivity contribution < 1.29 is 14.4 Å². The summed E-state index contributed by atoms with van der Waals surface area (Å²) < 4.78 is 5.29. The van der Waals surface area contributed by atoms with Crippen molar-refractivity contribution in [3.05, 3.63) is 40.9 Å². The molecule has 2 rings (SSSR count). The van der Waals surface area contributed by atoms with Gasteiger partial charge < -0.3 is 15.0 Å². The van der Waals surface area contributed by atoms with Crippen LogP contribution in [0.25, 0.3) is 6.08 Å². The number of hydrogen-bond donors (Lipinski definition) is 2. The first-order chi connectivity index (χ1) is 9.75. The van der Waals surface area contributed by atoms with Gasteiger partial charge in [-0.25, -0.2) is 0 Å². The zero-order valence-electron chi connectivity index (χ0n) is 11.4. The van der Waals surface area contributed by atoms with Crippen molar-refractivity contribution in [3.63, 3.8) is 0 Å². The first kappa shape index (κ1) is 15.0. The van der Waals surface area contributed by atoms with Gasteiger partial charge in [-0.15, -0.1) is 0 Å². The first-order valence-corrected chi connectivity index (χ1v) is 7.25. The Bertz CT molecular complexity index is 471. The van der Waals surface area contributed by atoms with E-state index in [9.17, 15) is 4.79 Å². The molecule has 0 spiro atoms. The molecule has 20 heavy (non-hydrogen) atoms. The summed E-state index contributed by atoms with van der Waals surface area (Å²) in [6, 6.07) is 7.45. The molecule has 1 aromatic carbocycles. The third kappa shape index (κ3) is 4.96. The Balaban J connectivity index is 1.71. The Hall–Kier alpha value is -1.36. The molecule has 0 saturated carbocycles. The van der Waals surface area contributed by atoms with E-state index in [1.807, 2.05) is 18.2 Å². The van der Waals surface area contributed by atoms with E-state index in [4.69, 9.17) is 16.3 Å². The van der Waals surface area contributed by atoms with Crippen LogP contribution < -0.4 is 10.2 Å². The summed E-state index contributed by atoms with van der Waals surface area (Å²) in [6.07, 6.45) is 3.26. The molecule has 0 unspecified atom stereocenters. The third-order valence-corrected chi connectivity index (χ3v) is 3.64. The number of carbonyl (C=O) groups excluding carboxylic acids is 1. The van der Waals surface area contributed by atoms with Crippen molar-refractivity contribution in [2.45, 2.75) is 0 Å². The van der Waals surface area contributed by atoms with Gasteiger partial charge in [-0.3, -0.25) is 4.79 Å². The van der Waals surface area contributed by atoms with Gasteiger partial charge in [-0.05, 0) is 17.7 Å². The Morgan fingerprint density at radius 2 is 2.10 bits per heavy atom. The number of ether oxygens (including phenoxy) is 1. The maximum Gasteiger partial charge on any atom is 0.244 e. The smallest absolute Gasteiger partial charge is 0.244 e. The molecule has 1 heterocycles. The number of halogens is 1. The predicted molar refractivity (Wildman–Crippen MR) is 79.9 cm³/mol. The van der Waals surface area contributed by atoms with Crippen LogP contribution in [0, 0.1) is 0 Å². The van der Waals surface area contributed by atoms with Crippen LogP contribution in [0.4, 0.5) is 0 Å². The fraction of sp³-hybridized carbons (Fsp3) is 0.400. The molecule has 0 aromatic heterocycles. The van der Waals surface area contributed by atoms with E-state index < -0.39 is 0 Å². The minimum atomic E-state index is -0.0856. The van der Waals surface area contributed by atoms with Gasteiger partial charge in [0.1, 0.15) is 13.1 Å². The van der Waals surface area contributed by atoms with Crippen molar-refractivity contribution in [1.29, 1.82) is 0 Å². The van der Waals surface area contributed by atoms with Crippen molar-refractivity contribution in [2.75, 3.05) is 39.4 Å². The van der Waals surface area contributed by atoms with E-state index in [0.717, 1.165) is 38.4 Å². The largest absolute Gasteiger partial charge is 0.370 e. The summed E-state index contributed by atoms with van der Waals surface area (Å²) in [5.41, 5.74) is 0.850. The monoisotopic (exact) mass is 295 g/mol. The summed E-state index contributed by atoms with van der Waals surface area (Å²) in [6.45, 7) is 5.29. The van der Waals surface area contributed by atoms with Gasteiger partial charge in [-0.2, -0.15) is 0 Å². The second-order valence-corrected chi connectivity index (χ2v) is 5.17. The number of benzene rings is 1. The van der Waals surface area contributed by atoms with Crippen LogP contribution in [0.5, 0.6) is 0 Å². The molecular formula is C15H20ClN2O2+. The number of rotatable bonds is 5. The number of carbonyl (C=O) groups is 1. The average Bonchev–Trinajstić information content (AvgIpc) is 2.47. The Kier molecular flexibility index (Phi) is 6.05. The minimum absolute atomic E-state index is 0.0856. The standard InChI is InChI=1S/C15H19ClN2O2/c16-14-4-2-1-3-13(14)5-6-15(19)17-7-8-18-9-11-20-12-10-18/h1-6H,7-12H2,(H,17,19)/p+1. The van der Waals surface area contributed by atoms with Crippen molar-refractivity contribution in [2.24, 2.45) is 0 Å². The van der Waals surface area contributed by atoms with Crippen LogP contribution in [0.3, 0.4) is 0 Å². The highest BCUT2D eigenvalue weighted by molar-refractivity contribution is 6.32. The van der Waals surface area contributed by atoms with Crippen molar-refractivity contribution in [3.8, 4) is 0 Å². The molecule has 0 atom stereocenters. The van der Waals surface area contributed by atoms with Gasteiger partial charge in [0.25, 0.3) is 0 Å². The number of morpholine rings is 1. The Labute approximate surface area is 124 Å². The lowest BCUT2D eigenvalue weighted by Crippen LogP contribution is -3.14. The minimum Gasteiger partial charge on any atom is -0.370 e. The molecule has 1 fully saturated rings. The number of nitrogens with one attached hydrogen (secondary N) is 2. The van der Waals surface area contributed by atoms with Crippen molar-refractivity contribution >= 4 is 23.6 Å². The van der Waals surface area contributed by atoms with E-state index in [-0.39, 0.29) is 5.91 Å². The maximum atomic E-state index is 11.7. The summed E-state index contributed by atoms with van der Waals surface area (Å²) in [7, 11) is 0. The molecule has 0 aliphatic carbocycles. The van der Waals surface area contributed by atoms with Crippen LogP contribution in [-0.4, -0.2) is 45.3 Å². The zero-order chi connectivity index (χ0) is 14.2. The second kappa shape index (κ2) is 8.04. The third-order valence-electron chi connectivity index (χ3n) is 3.30. The second-order valence-electron chi connectivity index (χ2n) is 4.76. The highest BCUT2D eigenvalue weighted by Crippen LogP contribution is 2.15. The van der Waals surface area contributed by atoms with Gasteiger partial charge in [-0.1, -0.05) is 29.8 Å². The van der Waals surface area contributed by atoms with E-state index in [1.165, 1.54) is 11.0 Å². The van der Waals surface area contributed by atoms with E-state index in [0.29, 0.717) is 11.6 Å². The fourth-order valence-corrected chi connectivity index (χ4v) is 2.31. The summed E-state index contributed by atoms with van der Waals surface area (Å²) in [5.74, 6) is -0.0856. The molecule has 4 nitrogen and oxygen atoms in total. The van der Waals surface area contributed by atoms with E-state index >= 15 is 0 Å². The van der Waals surface area contributed by atoms with Gasteiger partial charge in [0.2, 0.25) is 5.91 Å². The van der Waals surface area contributed by atoms with Crippen LogP contribution in [-0.2, 0) is 9.53 Å². The van der Waals surface area contributed by atoms with Gasteiger partial charge in [0.15, 0.2) is 0 Å². The molecular weight excluding hydrogens is 276 g/mol. The van der Waals surface area contributed by atoms with Gasteiger partial charge >= 0.3 is 0 Å². The molecule has 0 bridgehead atoms. The Morgan fingerprint density at radius 1 is 1.35 bits per heavy atom. The van der Waals surface area contributed by atoms with E-state index in [2.05, 4.69) is 5.32 Å². The molecule has 1 saturated heterocycles. The Morgan fingerprint density at radius 3 is 2.85 bits per heavy atom. The highest BCUT2D eigenvalue weighted by atomic mass is 35.5. The molecule has 1 amide bonds. The lowest BCUT2D eigenvalue weighted by Gasteiger charge is -2.23. The lowest BCUT2D eigenvalue weighted by molar-refractivity contribution is -0.906. The highest BCUT2D eigenvalue weighted by Gasteiger charge is 2.12. The summed E-state index contributed by atoms with van der Waals surface area (Å²) in [4.78, 5) is 13.2. The van der Waals surface area contributed by atoms with Crippen LogP contribution in [0.1, 0.15) is 5.56 Å². The number of amides is 1. The van der Waals surface area contributed by atoms with E-state index in [1.54, 1.807) is 12.1 Å². The summed E-state index contributed by atoms with van der Waals surface area (Å²) >= 11 is 6.02. The van der Waals surface area contributed by atoms with Crippen LogP contribution >= 0.6 is 11.6 Å². The van der Waals surface area contributed by atoms with Gasteiger partial charge in [0.05, 0.1) is 26.3 Å². The normalized spacial score (nSPS) is 16.4. The molecule has 1 aliphatic heterocycles.